The van der Waals surface area contributed by atoms with Crippen molar-refractivity contribution in [3.63, 3.8) is 0 Å². The van der Waals surface area contributed by atoms with Crippen LogP contribution in [0.2, 0.25) is 0 Å². The standard InChI is InChI=1S/C94H89BN2O/c1-89(2,3)66-47-63(48-67(54-66)90(4,5)6)62-43-45-79-77(51-62)94(75-36-24-28-40-85(75)98-86-41-29-25-37-76(86)94)78-52-65(64-49-68(91(7,8)9)55-69(50-64)92(10,11)12)53-84-87(78)95(79)80-44-42-59(58-96-81-38-26-22-34-71(81)72-35-23-27-39-82(72)96)46-83(80)97(84)88-73(60-30-18-16-19-31-60)56-70(93(13,14)15)57-74(88)61-32-20-17-21-33-61/h16-57H,58H2,1-15H3/i22D,23D,26D,27D,34D,35D,38D,39D. The predicted octanol–water partition coefficient (Wildman–Crippen LogP) is 23.1. The minimum absolute atomic E-state index is 0.0236. The first-order valence-electron chi connectivity index (χ1n) is 38.8. The Morgan fingerprint density at radius 2 is 0.796 bits per heavy atom. The highest BCUT2D eigenvalue weighted by atomic mass is 16.5. The minimum Gasteiger partial charge on any atom is -0.457 e. The van der Waals surface area contributed by atoms with Crippen LogP contribution >= 0.6 is 0 Å². The van der Waals surface area contributed by atoms with Gasteiger partial charge in [0.05, 0.1) is 22.1 Å². The molecule has 1 spiro atoms. The molecular formula is C94H89BN2O. The number of anilines is 3. The third-order valence-electron chi connectivity index (χ3n) is 21.1. The summed E-state index contributed by atoms with van der Waals surface area (Å²) in [6.07, 6.45) is 0. The van der Waals surface area contributed by atoms with Crippen molar-refractivity contribution in [2.45, 2.75) is 143 Å². The average Bonchev–Trinajstić information content (AvgIpc) is 0.791. The molecule has 0 N–H and O–H groups in total. The van der Waals surface area contributed by atoms with Crippen molar-refractivity contribution < 1.29 is 15.7 Å². The van der Waals surface area contributed by atoms with Gasteiger partial charge in [-0.15, -0.1) is 0 Å². The van der Waals surface area contributed by atoms with Gasteiger partial charge in [0, 0.05) is 62.0 Å². The fourth-order valence-electron chi connectivity index (χ4n) is 15.7. The number of hydrogen-bond acceptors (Lipinski definition) is 2. The number of nitrogens with zero attached hydrogens (tertiary/aromatic N) is 2. The summed E-state index contributed by atoms with van der Waals surface area (Å²) in [5.74, 6) is 1.55. The molecule has 16 rings (SSSR count). The van der Waals surface area contributed by atoms with Crippen molar-refractivity contribution in [3.05, 3.63) is 310 Å². The second-order valence-electron chi connectivity index (χ2n) is 32.8. The maximum absolute atomic E-state index is 9.67. The van der Waals surface area contributed by atoms with E-state index >= 15 is 0 Å². The van der Waals surface area contributed by atoms with Gasteiger partial charge in [-0.25, -0.2) is 0 Å². The Hall–Kier alpha value is -9.90. The monoisotopic (exact) mass is 1280 g/mol. The third kappa shape index (κ3) is 10.3. The Labute approximate surface area is 593 Å². The fraction of sp³-hybridized carbons (Fsp3) is 0.234. The maximum atomic E-state index is 9.67. The number of aromatic nitrogens is 1. The van der Waals surface area contributed by atoms with Crippen molar-refractivity contribution >= 4 is 62.0 Å². The van der Waals surface area contributed by atoms with E-state index in [0.717, 1.165) is 123 Å². The Bertz CT molecular complexity index is 5610. The molecule has 3 nitrogen and oxygen atoms in total. The van der Waals surface area contributed by atoms with Crippen LogP contribution in [0.15, 0.2) is 255 Å². The summed E-state index contributed by atoms with van der Waals surface area (Å²) < 4.78 is 83.4. The van der Waals surface area contributed by atoms with Gasteiger partial charge in [0.2, 0.25) is 6.71 Å². The van der Waals surface area contributed by atoms with Gasteiger partial charge in [0.25, 0.3) is 0 Å². The van der Waals surface area contributed by atoms with Crippen LogP contribution in [0.4, 0.5) is 17.1 Å². The van der Waals surface area contributed by atoms with Gasteiger partial charge in [-0.1, -0.05) is 309 Å². The van der Waals surface area contributed by atoms with Crippen molar-refractivity contribution in [2.75, 3.05) is 4.90 Å². The van der Waals surface area contributed by atoms with Crippen molar-refractivity contribution in [1.82, 2.24) is 4.57 Å². The zero-order valence-electron chi connectivity index (χ0n) is 67.2. The summed E-state index contributed by atoms with van der Waals surface area (Å²) >= 11 is 0. The van der Waals surface area contributed by atoms with Gasteiger partial charge in [0.1, 0.15) is 11.5 Å². The molecule has 3 aliphatic rings. The average molecular weight is 1280 g/mol. The highest BCUT2D eigenvalue weighted by Gasteiger charge is 2.55. The molecule has 0 saturated carbocycles. The lowest BCUT2D eigenvalue weighted by Gasteiger charge is -2.51. The van der Waals surface area contributed by atoms with Crippen LogP contribution in [0.25, 0.3) is 66.3 Å². The molecule has 4 heteroatoms. The topological polar surface area (TPSA) is 17.4 Å². The van der Waals surface area contributed by atoms with Crippen LogP contribution in [0.5, 0.6) is 11.5 Å². The lowest BCUT2D eigenvalue weighted by atomic mass is 9.29. The molecule has 0 saturated heterocycles. The molecule has 0 bridgehead atoms. The van der Waals surface area contributed by atoms with Crippen LogP contribution < -0.4 is 26.0 Å². The molecule has 4 heterocycles. The quantitative estimate of drug-likeness (QED) is 0.148. The summed E-state index contributed by atoms with van der Waals surface area (Å²) in [6.45, 7) is 34.0. The van der Waals surface area contributed by atoms with Crippen LogP contribution in [-0.4, -0.2) is 11.3 Å². The summed E-state index contributed by atoms with van der Waals surface area (Å²) in [5.41, 5.74) is 23.8. The van der Waals surface area contributed by atoms with E-state index in [-0.39, 0.29) is 79.6 Å². The Morgan fingerprint density at radius 1 is 0.367 bits per heavy atom. The molecule has 3 aliphatic heterocycles. The number of fused-ring (bicyclic) bond motifs is 13. The molecule has 1 aromatic heterocycles. The molecule has 0 aliphatic carbocycles. The summed E-state index contributed by atoms with van der Waals surface area (Å²) in [6, 6.07) is 73.7. The Morgan fingerprint density at radius 3 is 1.30 bits per heavy atom. The lowest BCUT2D eigenvalue weighted by Crippen LogP contribution is -2.65. The van der Waals surface area contributed by atoms with Crippen LogP contribution in [0.3, 0.4) is 0 Å². The fourth-order valence-corrected chi connectivity index (χ4v) is 15.7. The summed E-state index contributed by atoms with van der Waals surface area (Å²) in [5, 5.41) is 0.0996. The van der Waals surface area contributed by atoms with E-state index in [2.05, 4.69) is 315 Å². The summed E-state index contributed by atoms with van der Waals surface area (Å²) in [7, 11) is 0. The van der Waals surface area contributed by atoms with Gasteiger partial charge >= 0.3 is 0 Å². The largest absolute Gasteiger partial charge is 0.457 e. The highest BCUT2D eigenvalue weighted by molar-refractivity contribution is 6.99. The molecule has 0 unspecified atom stereocenters. The van der Waals surface area contributed by atoms with Gasteiger partial charge in [0.15, 0.2) is 0 Å². The number of rotatable bonds is 7. The van der Waals surface area contributed by atoms with Crippen LogP contribution in [-0.2, 0) is 39.0 Å². The predicted molar refractivity (Wildman–Crippen MR) is 418 cm³/mol. The van der Waals surface area contributed by atoms with Crippen molar-refractivity contribution in [1.29, 1.82) is 0 Å². The second kappa shape index (κ2) is 22.6. The van der Waals surface area contributed by atoms with E-state index in [9.17, 15) is 5.48 Å². The van der Waals surface area contributed by atoms with Crippen LogP contribution in [0, 0.1) is 0 Å². The molecular weight excluding hydrogens is 1180 g/mol. The molecule has 0 atom stereocenters. The van der Waals surface area contributed by atoms with Crippen molar-refractivity contribution in [2.24, 2.45) is 0 Å². The van der Waals surface area contributed by atoms with E-state index in [1.165, 1.54) is 22.3 Å². The molecule has 0 fully saturated rings. The summed E-state index contributed by atoms with van der Waals surface area (Å²) in [4.78, 5) is 2.55. The molecule has 0 amide bonds. The Kier molecular flexibility index (Phi) is 12.5. The lowest BCUT2D eigenvalue weighted by molar-refractivity contribution is 0.435. The van der Waals surface area contributed by atoms with Gasteiger partial charge in [-0.05, 0) is 170 Å². The first kappa shape index (κ1) is 54.2. The normalized spacial score (nSPS) is 15.2. The zero-order chi connectivity index (χ0) is 75.1. The molecule has 98 heavy (non-hydrogen) atoms. The molecule has 13 aromatic rings. The van der Waals surface area contributed by atoms with Gasteiger partial charge < -0.3 is 14.2 Å². The van der Waals surface area contributed by atoms with E-state index < -0.39 is 36.3 Å². The van der Waals surface area contributed by atoms with E-state index in [1.807, 2.05) is 0 Å². The SMILES string of the molecule is [2H]c1c([2H])c([2H])c2c(c1[2H])c1c([2H])c([2H])c([2H])c([2H])c1n2Cc1ccc2c(c1)N(c1c(-c3ccccc3)cc(C(C)(C)C)cc1-c1ccccc1)c1cc(-c3cc(C(C)(C)C)cc(C(C)(C)C)c3)cc3c1B2c1ccc(-c2cc(C(C)(C)C)cc(C(C)(C)C)c2)cc1C31c2ccccc2Oc2ccccc21. The van der Waals surface area contributed by atoms with Crippen LogP contribution in [0.1, 0.15) is 170 Å². The van der Waals surface area contributed by atoms with E-state index in [1.54, 1.807) is 4.57 Å². The molecule has 484 valence electrons. The number of hydrogen-bond donors (Lipinski definition) is 0. The Balaban J connectivity index is 1.12. The molecule has 0 radical (unpaired) electrons. The van der Waals surface area contributed by atoms with Gasteiger partial charge in [-0.3, -0.25) is 0 Å². The third-order valence-corrected chi connectivity index (χ3v) is 21.1. The number of benzene rings is 12. The number of ether oxygens (including phenoxy) is 1. The number of para-hydroxylation sites is 4. The van der Waals surface area contributed by atoms with E-state index in [4.69, 9.17) is 10.2 Å². The molecule has 12 aromatic carbocycles. The first-order valence-corrected chi connectivity index (χ1v) is 34.8. The second-order valence-corrected chi connectivity index (χ2v) is 32.8. The van der Waals surface area contributed by atoms with Crippen molar-refractivity contribution in [3.8, 4) is 56.0 Å². The maximum Gasteiger partial charge on any atom is 0.247 e. The highest BCUT2D eigenvalue weighted by Crippen LogP contribution is 2.59. The van der Waals surface area contributed by atoms with E-state index in [0.29, 0.717) is 0 Å². The van der Waals surface area contributed by atoms with Gasteiger partial charge in [-0.2, -0.15) is 0 Å². The smallest absolute Gasteiger partial charge is 0.247 e. The zero-order valence-corrected chi connectivity index (χ0v) is 59.2. The minimum atomic E-state index is -1.03. The first-order chi connectivity index (χ1) is 50.0.